The first kappa shape index (κ1) is 32.2. The number of carbonyl (C=O) groups is 2. The van der Waals surface area contributed by atoms with Crippen LogP contribution in [0.2, 0.25) is 5.02 Å². The van der Waals surface area contributed by atoms with Gasteiger partial charge in [-0.05, 0) is 81.5 Å². The van der Waals surface area contributed by atoms with Crippen LogP contribution in [-0.4, -0.2) is 43.8 Å². The molecular weight excluding hydrogens is 558 g/mol. The van der Waals surface area contributed by atoms with Gasteiger partial charge in [0.2, 0.25) is 11.8 Å². The van der Waals surface area contributed by atoms with E-state index in [-0.39, 0.29) is 23.4 Å². The average molecular weight is 598 g/mol. The predicted molar refractivity (Wildman–Crippen MR) is 166 cm³/mol. The van der Waals surface area contributed by atoms with E-state index >= 15 is 0 Å². The second kappa shape index (κ2) is 14.0. The second-order valence-corrected chi connectivity index (χ2v) is 12.7. The molecule has 0 heterocycles. The standard InChI is InChI=1S/C32H40ClN3O4S/c1-7-25(6)34-32(38)29(8-2)35(20-26-12-10-9-11-23(26)4)31(37)21-36(30-19-27(33)16-15-24(30)5)41(39,40)28-17-13-22(3)14-18-28/h9-19,25,29H,7-8,20-21H2,1-6H3,(H,34,38)/t25-,29-/m0/s1. The van der Waals surface area contributed by atoms with Crippen molar-refractivity contribution < 1.29 is 18.0 Å². The predicted octanol–water partition coefficient (Wildman–Crippen LogP) is 6.18. The van der Waals surface area contributed by atoms with Crippen molar-refractivity contribution in [3.63, 3.8) is 0 Å². The number of aryl methyl sites for hydroxylation is 3. The van der Waals surface area contributed by atoms with Gasteiger partial charge >= 0.3 is 0 Å². The molecule has 0 unspecified atom stereocenters. The van der Waals surface area contributed by atoms with Crippen molar-refractivity contribution in [3.05, 3.63) is 94.0 Å². The summed E-state index contributed by atoms with van der Waals surface area (Å²) in [6.45, 7) is 11.0. The molecule has 9 heteroatoms. The molecule has 1 N–H and O–H groups in total. The van der Waals surface area contributed by atoms with Crippen molar-refractivity contribution >= 4 is 39.1 Å². The number of rotatable bonds is 12. The maximum Gasteiger partial charge on any atom is 0.264 e. The van der Waals surface area contributed by atoms with Crippen LogP contribution in [0, 0.1) is 20.8 Å². The van der Waals surface area contributed by atoms with Crippen molar-refractivity contribution in [2.75, 3.05) is 10.8 Å². The summed E-state index contributed by atoms with van der Waals surface area (Å²) in [4.78, 5) is 29.2. The molecule has 3 aromatic rings. The van der Waals surface area contributed by atoms with E-state index < -0.39 is 28.5 Å². The summed E-state index contributed by atoms with van der Waals surface area (Å²) in [7, 11) is -4.17. The van der Waals surface area contributed by atoms with Gasteiger partial charge < -0.3 is 10.2 Å². The van der Waals surface area contributed by atoms with Crippen LogP contribution in [0.3, 0.4) is 0 Å². The highest BCUT2D eigenvalue weighted by Gasteiger charge is 2.34. The van der Waals surface area contributed by atoms with Crippen LogP contribution in [0.4, 0.5) is 5.69 Å². The minimum atomic E-state index is -4.17. The van der Waals surface area contributed by atoms with Gasteiger partial charge in [-0.2, -0.15) is 0 Å². The Morgan fingerprint density at radius 2 is 1.56 bits per heavy atom. The number of anilines is 1. The third kappa shape index (κ3) is 7.89. The SMILES string of the molecule is CC[C@H](C)NC(=O)[C@H](CC)N(Cc1ccccc1C)C(=O)CN(c1cc(Cl)ccc1C)S(=O)(=O)c1ccc(C)cc1. The molecule has 3 rings (SSSR count). The zero-order valence-corrected chi connectivity index (χ0v) is 26.2. The number of nitrogens with one attached hydrogen (secondary N) is 1. The van der Waals surface area contributed by atoms with Crippen molar-refractivity contribution in [1.82, 2.24) is 10.2 Å². The quantitative estimate of drug-likeness (QED) is 0.270. The van der Waals surface area contributed by atoms with Crippen LogP contribution in [0.1, 0.15) is 55.9 Å². The molecule has 7 nitrogen and oxygen atoms in total. The molecule has 0 aromatic heterocycles. The van der Waals surface area contributed by atoms with Crippen molar-refractivity contribution in [3.8, 4) is 0 Å². The second-order valence-electron chi connectivity index (χ2n) is 10.4. The van der Waals surface area contributed by atoms with E-state index in [1.807, 2.05) is 58.9 Å². The Morgan fingerprint density at radius 3 is 2.17 bits per heavy atom. The molecule has 220 valence electrons. The van der Waals surface area contributed by atoms with E-state index in [0.29, 0.717) is 22.7 Å². The minimum absolute atomic E-state index is 0.0577. The number of amides is 2. The maximum absolute atomic E-state index is 14.2. The van der Waals surface area contributed by atoms with Crippen molar-refractivity contribution in [1.29, 1.82) is 0 Å². The molecule has 0 aliphatic rings. The van der Waals surface area contributed by atoms with Crippen molar-refractivity contribution in [2.45, 2.75) is 77.9 Å². The molecule has 2 amide bonds. The molecule has 2 atom stereocenters. The van der Waals surface area contributed by atoms with Crippen molar-refractivity contribution in [2.24, 2.45) is 0 Å². The van der Waals surface area contributed by atoms with Crippen LogP contribution in [0.25, 0.3) is 0 Å². The van der Waals surface area contributed by atoms with Gasteiger partial charge in [-0.25, -0.2) is 8.42 Å². The number of benzene rings is 3. The van der Waals surface area contributed by atoms with Gasteiger partial charge in [0.1, 0.15) is 12.6 Å². The third-order valence-corrected chi connectivity index (χ3v) is 9.33. The van der Waals surface area contributed by atoms with Crippen LogP contribution in [-0.2, 0) is 26.2 Å². The third-order valence-electron chi connectivity index (χ3n) is 7.32. The monoisotopic (exact) mass is 597 g/mol. The fourth-order valence-electron chi connectivity index (χ4n) is 4.53. The summed E-state index contributed by atoms with van der Waals surface area (Å²) < 4.78 is 29.2. The normalized spacial score (nSPS) is 12.9. The fourth-order valence-corrected chi connectivity index (χ4v) is 6.17. The van der Waals surface area contributed by atoms with Gasteiger partial charge in [0, 0.05) is 17.6 Å². The number of sulfonamides is 1. The number of halogens is 1. The highest BCUT2D eigenvalue weighted by molar-refractivity contribution is 7.92. The highest BCUT2D eigenvalue weighted by atomic mass is 35.5. The Hall–Kier alpha value is -3.36. The van der Waals surface area contributed by atoms with Crippen LogP contribution < -0.4 is 9.62 Å². The molecule has 0 spiro atoms. The molecule has 0 aliphatic heterocycles. The summed E-state index contributed by atoms with van der Waals surface area (Å²) >= 11 is 6.31. The van der Waals surface area contributed by atoms with Gasteiger partial charge in [0.25, 0.3) is 10.0 Å². The van der Waals surface area contributed by atoms with E-state index in [1.54, 1.807) is 37.3 Å². The lowest BCUT2D eigenvalue weighted by Gasteiger charge is -2.34. The van der Waals surface area contributed by atoms with Crippen LogP contribution in [0.5, 0.6) is 0 Å². The maximum atomic E-state index is 14.2. The summed E-state index contributed by atoms with van der Waals surface area (Å²) in [5.41, 5.74) is 3.71. The number of carbonyl (C=O) groups excluding carboxylic acids is 2. The first-order valence-corrected chi connectivity index (χ1v) is 15.7. The Kier molecular flexibility index (Phi) is 11.0. The summed E-state index contributed by atoms with van der Waals surface area (Å²) in [6, 6.07) is 18.2. The lowest BCUT2D eigenvalue weighted by Crippen LogP contribution is -2.53. The van der Waals surface area contributed by atoms with Gasteiger partial charge in [-0.15, -0.1) is 0 Å². The summed E-state index contributed by atoms with van der Waals surface area (Å²) in [5.74, 6) is -0.759. The lowest BCUT2D eigenvalue weighted by molar-refractivity contribution is -0.140. The number of hydrogen-bond donors (Lipinski definition) is 1. The first-order chi connectivity index (χ1) is 19.4. The molecule has 0 bridgehead atoms. The van der Waals surface area contributed by atoms with E-state index in [0.717, 1.165) is 27.4 Å². The molecule has 0 aliphatic carbocycles. The number of nitrogens with zero attached hydrogens (tertiary/aromatic N) is 2. The Bertz CT molecular complexity index is 1470. The highest BCUT2D eigenvalue weighted by Crippen LogP contribution is 2.30. The topological polar surface area (TPSA) is 86.8 Å². The molecule has 0 saturated carbocycles. The van der Waals surface area contributed by atoms with E-state index in [4.69, 9.17) is 11.6 Å². The average Bonchev–Trinajstić information content (AvgIpc) is 2.94. The zero-order chi connectivity index (χ0) is 30.3. The molecule has 41 heavy (non-hydrogen) atoms. The molecule has 0 radical (unpaired) electrons. The summed E-state index contributed by atoms with van der Waals surface area (Å²) in [6.07, 6.45) is 1.10. The minimum Gasteiger partial charge on any atom is -0.352 e. The first-order valence-electron chi connectivity index (χ1n) is 13.9. The fraction of sp³-hybridized carbons (Fsp3) is 0.375. The molecule has 0 saturated heterocycles. The van der Waals surface area contributed by atoms with E-state index in [9.17, 15) is 18.0 Å². The van der Waals surface area contributed by atoms with Crippen LogP contribution in [0.15, 0.2) is 71.6 Å². The Morgan fingerprint density at radius 1 is 0.902 bits per heavy atom. The number of hydrogen-bond acceptors (Lipinski definition) is 4. The van der Waals surface area contributed by atoms with Crippen LogP contribution >= 0.6 is 11.6 Å². The largest absolute Gasteiger partial charge is 0.352 e. The lowest BCUT2D eigenvalue weighted by atomic mass is 10.1. The Labute approximate surface area is 249 Å². The molecule has 3 aromatic carbocycles. The van der Waals surface area contributed by atoms with Gasteiger partial charge in [-0.1, -0.05) is 73.5 Å². The van der Waals surface area contributed by atoms with Gasteiger partial charge in [0.15, 0.2) is 0 Å². The summed E-state index contributed by atoms with van der Waals surface area (Å²) in [5, 5.41) is 3.34. The Balaban J connectivity index is 2.11. The zero-order valence-electron chi connectivity index (χ0n) is 24.6. The van der Waals surface area contributed by atoms with E-state index in [2.05, 4.69) is 5.32 Å². The molecule has 0 fully saturated rings. The molecular formula is C32H40ClN3O4S. The smallest absolute Gasteiger partial charge is 0.264 e. The van der Waals surface area contributed by atoms with Gasteiger partial charge in [0.05, 0.1) is 10.6 Å². The van der Waals surface area contributed by atoms with E-state index in [1.165, 1.54) is 17.0 Å². The van der Waals surface area contributed by atoms with Gasteiger partial charge in [-0.3, -0.25) is 13.9 Å².